The summed E-state index contributed by atoms with van der Waals surface area (Å²) in [6.07, 6.45) is 0. The van der Waals surface area contributed by atoms with Gasteiger partial charge in [-0.25, -0.2) is 9.59 Å². The molecule has 0 aliphatic carbocycles. The minimum Gasteiger partial charge on any atom is -0.496 e. The molecule has 1 fully saturated rings. The average molecular weight is 389 g/mol. The lowest BCUT2D eigenvalue weighted by Crippen LogP contribution is -2.50. The SMILES string of the molecule is CCOC(=O)C1=C(CN2CCOCC2)N(C)C(=O)NC1c1ccccc1OC. The van der Waals surface area contributed by atoms with Crippen molar-refractivity contribution >= 4 is 12.0 Å². The van der Waals surface area contributed by atoms with E-state index in [-0.39, 0.29) is 12.6 Å². The van der Waals surface area contributed by atoms with Crippen LogP contribution in [0.15, 0.2) is 35.5 Å². The number of hydrogen-bond donors (Lipinski definition) is 1. The molecule has 2 aliphatic rings. The van der Waals surface area contributed by atoms with Crippen molar-refractivity contribution in [3.8, 4) is 5.75 Å². The number of esters is 1. The van der Waals surface area contributed by atoms with Crippen molar-refractivity contribution in [2.24, 2.45) is 0 Å². The fourth-order valence-electron chi connectivity index (χ4n) is 3.51. The van der Waals surface area contributed by atoms with Crippen molar-refractivity contribution in [1.29, 1.82) is 0 Å². The molecule has 0 radical (unpaired) electrons. The van der Waals surface area contributed by atoms with Crippen molar-refractivity contribution in [2.75, 3.05) is 53.6 Å². The number of carbonyl (C=O) groups excluding carboxylic acids is 2. The molecule has 1 saturated heterocycles. The summed E-state index contributed by atoms with van der Waals surface area (Å²) in [7, 11) is 3.24. The Hall–Kier alpha value is -2.58. The number of amides is 2. The molecule has 8 nitrogen and oxygen atoms in total. The highest BCUT2D eigenvalue weighted by molar-refractivity contribution is 5.95. The number of rotatable bonds is 6. The monoisotopic (exact) mass is 389 g/mol. The number of hydrogen-bond acceptors (Lipinski definition) is 6. The number of likely N-dealkylation sites (N-methyl/N-ethyl adjacent to an activating group) is 1. The summed E-state index contributed by atoms with van der Waals surface area (Å²) in [5, 5.41) is 2.92. The lowest BCUT2D eigenvalue weighted by molar-refractivity contribution is -0.139. The number of nitrogens with one attached hydrogen (secondary N) is 1. The first-order valence-corrected chi connectivity index (χ1v) is 9.44. The summed E-state index contributed by atoms with van der Waals surface area (Å²) in [6.45, 7) is 5.24. The lowest BCUT2D eigenvalue weighted by Gasteiger charge is -2.37. The van der Waals surface area contributed by atoms with E-state index in [0.717, 1.165) is 13.1 Å². The molecule has 1 aromatic rings. The molecule has 2 aliphatic heterocycles. The van der Waals surface area contributed by atoms with Gasteiger partial charge in [0.2, 0.25) is 0 Å². The van der Waals surface area contributed by atoms with E-state index in [4.69, 9.17) is 14.2 Å². The van der Waals surface area contributed by atoms with E-state index in [1.807, 2.05) is 24.3 Å². The highest BCUT2D eigenvalue weighted by atomic mass is 16.5. The Morgan fingerprint density at radius 2 is 2.00 bits per heavy atom. The number of methoxy groups -OCH3 is 1. The van der Waals surface area contributed by atoms with E-state index in [2.05, 4.69) is 10.2 Å². The highest BCUT2D eigenvalue weighted by Gasteiger charge is 2.38. The molecular formula is C20H27N3O5. The first kappa shape index (κ1) is 20.2. The van der Waals surface area contributed by atoms with E-state index in [9.17, 15) is 9.59 Å². The molecule has 1 N–H and O–H groups in total. The maximum Gasteiger partial charge on any atom is 0.338 e. The Kier molecular flexibility index (Phi) is 6.53. The fraction of sp³-hybridized carbons (Fsp3) is 0.500. The van der Waals surface area contributed by atoms with Crippen molar-refractivity contribution in [3.05, 3.63) is 41.1 Å². The summed E-state index contributed by atoms with van der Waals surface area (Å²) in [6, 6.07) is 6.45. The second kappa shape index (κ2) is 9.07. The minimum absolute atomic E-state index is 0.253. The third-order valence-electron chi connectivity index (χ3n) is 5.00. The highest BCUT2D eigenvalue weighted by Crippen LogP contribution is 2.35. The van der Waals surface area contributed by atoms with Gasteiger partial charge in [-0.15, -0.1) is 0 Å². The van der Waals surface area contributed by atoms with Gasteiger partial charge in [0.1, 0.15) is 5.75 Å². The quantitative estimate of drug-likeness (QED) is 0.744. The van der Waals surface area contributed by atoms with Gasteiger partial charge in [0, 0.05) is 37.9 Å². The van der Waals surface area contributed by atoms with Gasteiger partial charge in [-0.1, -0.05) is 18.2 Å². The summed E-state index contributed by atoms with van der Waals surface area (Å²) in [4.78, 5) is 29.3. The van der Waals surface area contributed by atoms with Crippen LogP contribution in [0.1, 0.15) is 18.5 Å². The normalized spacial score (nSPS) is 20.8. The zero-order chi connectivity index (χ0) is 20.1. The first-order chi connectivity index (χ1) is 13.6. The van der Waals surface area contributed by atoms with Crippen LogP contribution in [0.4, 0.5) is 4.79 Å². The number of nitrogens with zero attached hydrogens (tertiary/aromatic N) is 2. The molecule has 0 saturated carbocycles. The van der Waals surface area contributed by atoms with E-state index < -0.39 is 12.0 Å². The van der Waals surface area contributed by atoms with Crippen LogP contribution in [0.2, 0.25) is 0 Å². The van der Waals surface area contributed by atoms with Crippen LogP contribution in [0.5, 0.6) is 5.75 Å². The molecule has 0 aromatic heterocycles. The maximum absolute atomic E-state index is 12.9. The molecule has 1 unspecified atom stereocenters. The standard InChI is InChI=1S/C20H27N3O5/c1-4-28-19(24)17-15(13-23-9-11-27-12-10-23)22(2)20(25)21-18(17)14-7-5-6-8-16(14)26-3/h5-8,18H,4,9-13H2,1-3H3,(H,21,25). The second-order valence-corrected chi connectivity index (χ2v) is 6.65. The second-order valence-electron chi connectivity index (χ2n) is 6.65. The molecule has 1 atom stereocenters. The molecule has 2 heterocycles. The van der Waals surface area contributed by atoms with Crippen molar-refractivity contribution in [2.45, 2.75) is 13.0 Å². The summed E-state index contributed by atoms with van der Waals surface area (Å²) in [5.74, 6) is 0.165. The summed E-state index contributed by atoms with van der Waals surface area (Å²) >= 11 is 0. The number of benzene rings is 1. The summed E-state index contributed by atoms with van der Waals surface area (Å²) < 4.78 is 16.2. The maximum atomic E-state index is 12.9. The number of urea groups is 1. The van der Waals surface area contributed by atoms with Gasteiger partial charge in [-0.05, 0) is 13.0 Å². The molecule has 1 aromatic carbocycles. The molecule has 0 spiro atoms. The van der Waals surface area contributed by atoms with Crippen LogP contribution >= 0.6 is 0 Å². The van der Waals surface area contributed by atoms with Gasteiger partial charge in [-0.3, -0.25) is 9.80 Å². The number of ether oxygens (including phenoxy) is 3. The predicted molar refractivity (Wildman–Crippen MR) is 103 cm³/mol. The van der Waals surface area contributed by atoms with Crippen LogP contribution in [0, 0.1) is 0 Å². The van der Waals surface area contributed by atoms with Gasteiger partial charge < -0.3 is 19.5 Å². The third-order valence-corrected chi connectivity index (χ3v) is 5.00. The van der Waals surface area contributed by atoms with Crippen molar-refractivity contribution < 1.29 is 23.8 Å². The molecule has 152 valence electrons. The van der Waals surface area contributed by atoms with Gasteiger partial charge in [0.05, 0.1) is 38.5 Å². The van der Waals surface area contributed by atoms with Crippen LogP contribution in [0.3, 0.4) is 0 Å². The minimum atomic E-state index is -0.644. The van der Waals surface area contributed by atoms with Crippen molar-refractivity contribution in [3.63, 3.8) is 0 Å². The number of para-hydroxylation sites is 1. The zero-order valence-corrected chi connectivity index (χ0v) is 16.6. The zero-order valence-electron chi connectivity index (χ0n) is 16.6. The Balaban J connectivity index is 2.08. The molecule has 8 heteroatoms. The van der Waals surface area contributed by atoms with Gasteiger partial charge >= 0.3 is 12.0 Å². The smallest absolute Gasteiger partial charge is 0.338 e. The molecule has 0 bridgehead atoms. The van der Waals surface area contributed by atoms with E-state index in [1.54, 1.807) is 21.1 Å². The van der Waals surface area contributed by atoms with Crippen LogP contribution in [-0.2, 0) is 14.3 Å². The molecule has 3 rings (SSSR count). The van der Waals surface area contributed by atoms with Crippen LogP contribution < -0.4 is 10.1 Å². The van der Waals surface area contributed by atoms with Gasteiger partial charge in [0.15, 0.2) is 0 Å². The van der Waals surface area contributed by atoms with Gasteiger partial charge in [0.25, 0.3) is 0 Å². The predicted octanol–water partition coefficient (Wildman–Crippen LogP) is 1.54. The molecular weight excluding hydrogens is 362 g/mol. The fourth-order valence-corrected chi connectivity index (χ4v) is 3.51. The Labute approximate surface area is 165 Å². The molecule has 28 heavy (non-hydrogen) atoms. The van der Waals surface area contributed by atoms with E-state index >= 15 is 0 Å². The third kappa shape index (κ3) is 4.13. The van der Waals surface area contributed by atoms with Crippen LogP contribution in [0.25, 0.3) is 0 Å². The topological polar surface area (TPSA) is 80.3 Å². The number of morpholine rings is 1. The Bertz CT molecular complexity index is 758. The van der Waals surface area contributed by atoms with Crippen molar-refractivity contribution in [1.82, 2.24) is 15.1 Å². The number of carbonyl (C=O) groups is 2. The first-order valence-electron chi connectivity index (χ1n) is 9.44. The average Bonchev–Trinajstić information content (AvgIpc) is 2.72. The Morgan fingerprint density at radius 3 is 2.68 bits per heavy atom. The largest absolute Gasteiger partial charge is 0.496 e. The lowest BCUT2D eigenvalue weighted by atomic mass is 9.93. The molecule has 2 amide bonds. The van der Waals surface area contributed by atoms with Crippen LogP contribution in [-0.4, -0.2) is 75.4 Å². The Morgan fingerprint density at radius 1 is 1.29 bits per heavy atom. The van der Waals surface area contributed by atoms with Gasteiger partial charge in [-0.2, -0.15) is 0 Å². The van der Waals surface area contributed by atoms with E-state index in [0.29, 0.717) is 42.3 Å². The van der Waals surface area contributed by atoms with E-state index in [1.165, 1.54) is 4.90 Å². The summed E-state index contributed by atoms with van der Waals surface area (Å²) in [5.41, 5.74) is 1.79.